The van der Waals surface area contributed by atoms with Crippen molar-refractivity contribution < 1.29 is 9.90 Å². The Hall–Kier alpha value is -3.27. The quantitative estimate of drug-likeness (QED) is 0.439. The summed E-state index contributed by atoms with van der Waals surface area (Å²) >= 11 is 0. The van der Waals surface area contributed by atoms with Gasteiger partial charge in [0, 0.05) is 36.6 Å². The number of hydrogen-bond acceptors (Lipinski definition) is 8. The van der Waals surface area contributed by atoms with Gasteiger partial charge >= 0.3 is 0 Å². The van der Waals surface area contributed by atoms with Crippen molar-refractivity contribution in [1.82, 2.24) is 14.9 Å². The second kappa shape index (κ2) is 10.0. The number of carbonyl (C=O) groups is 1. The maximum Gasteiger partial charge on any atom is 0.276 e. The number of carbonyl (C=O) groups excluding carboxylic acids is 1. The number of anilines is 3. The molecule has 1 amide bonds. The zero-order chi connectivity index (χ0) is 25.4. The molecule has 3 aromatic rings. The summed E-state index contributed by atoms with van der Waals surface area (Å²) in [4.78, 5) is 26.7. The standard InChI is InChI=1S/C27H35N7O2/c1-16-14-34(15-21(29)26(16)35)24-5-8-30-13-23(24)32-27(36)25-20(28)11-19-4-3-18(12-22(19)31-25)17-6-9-33(2)10-7-17/h3-5,8,11-13,16-17,21,26,35H,6-7,9-10,14-15,28-29H2,1-2H3,(H,32,36)/t16-,21+,26+/m0/s1. The maximum atomic E-state index is 13.3. The molecule has 0 spiro atoms. The van der Waals surface area contributed by atoms with Crippen LogP contribution < -0.4 is 21.7 Å². The number of nitrogens with two attached hydrogens (primary N) is 2. The molecule has 9 nitrogen and oxygen atoms in total. The lowest BCUT2D eigenvalue weighted by Gasteiger charge is -2.40. The largest absolute Gasteiger partial charge is 0.397 e. The number of rotatable bonds is 4. The molecule has 2 fully saturated rings. The van der Waals surface area contributed by atoms with Crippen molar-refractivity contribution in [1.29, 1.82) is 0 Å². The van der Waals surface area contributed by atoms with Gasteiger partial charge in [-0.2, -0.15) is 0 Å². The van der Waals surface area contributed by atoms with Gasteiger partial charge in [-0.05, 0) is 62.7 Å². The van der Waals surface area contributed by atoms with Crippen molar-refractivity contribution >= 4 is 33.9 Å². The number of pyridine rings is 2. The Morgan fingerprint density at radius 1 is 1.17 bits per heavy atom. The van der Waals surface area contributed by atoms with E-state index in [2.05, 4.69) is 44.3 Å². The van der Waals surface area contributed by atoms with Gasteiger partial charge in [0.2, 0.25) is 0 Å². The average Bonchev–Trinajstić information content (AvgIpc) is 2.87. The molecule has 190 valence electrons. The summed E-state index contributed by atoms with van der Waals surface area (Å²) < 4.78 is 0. The molecule has 36 heavy (non-hydrogen) atoms. The van der Waals surface area contributed by atoms with Crippen LogP contribution in [0.5, 0.6) is 0 Å². The third-order valence-electron chi connectivity index (χ3n) is 7.62. The molecule has 5 rings (SSSR count). The minimum atomic E-state index is -0.554. The van der Waals surface area contributed by atoms with Crippen molar-refractivity contribution in [3.05, 3.63) is 54.0 Å². The zero-order valence-electron chi connectivity index (χ0n) is 20.9. The fourth-order valence-electron chi connectivity index (χ4n) is 5.43. The fourth-order valence-corrected chi connectivity index (χ4v) is 5.43. The van der Waals surface area contributed by atoms with E-state index in [0.29, 0.717) is 30.4 Å². The molecule has 2 aliphatic rings. The highest BCUT2D eigenvalue weighted by Gasteiger charge is 2.32. The molecular formula is C27H35N7O2. The van der Waals surface area contributed by atoms with Crippen molar-refractivity contribution in [3.63, 3.8) is 0 Å². The number of hydrogen-bond donors (Lipinski definition) is 4. The van der Waals surface area contributed by atoms with Gasteiger partial charge in [-0.15, -0.1) is 0 Å². The molecule has 6 N–H and O–H groups in total. The molecule has 1 aromatic carbocycles. The van der Waals surface area contributed by atoms with Crippen LogP contribution in [0.25, 0.3) is 10.9 Å². The van der Waals surface area contributed by atoms with Gasteiger partial charge in [0.1, 0.15) is 0 Å². The van der Waals surface area contributed by atoms with Gasteiger partial charge in [-0.1, -0.05) is 19.1 Å². The van der Waals surface area contributed by atoms with E-state index >= 15 is 0 Å². The summed E-state index contributed by atoms with van der Waals surface area (Å²) in [5, 5.41) is 14.1. The summed E-state index contributed by atoms with van der Waals surface area (Å²) in [5.74, 6) is 0.113. The van der Waals surface area contributed by atoms with Crippen LogP contribution in [0.4, 0.5) is 17.1 Å². The van der Waals surface area contributed by atoms with E-state index in [9.17, 15) is 9.90 Å². The number of fused-ring (bicyclic) bond motifs is 1. The summed E-state index contributed by atoms with van der Waals surface area (Å²) in [6, 6.07) is 9.58. The van der Waals surface area contributed by atoms with Gasteiger partial charge in [0.25, 0.3) is 5.91 Å². The van der Waals surface area contributed by atoms with Crippen molar-refractivity contribution in [2.24, 2.45) is 11.7 Å². The van der Waals surface area contributed by atoms with Gasteiger partial charge in [0.15, 0.2) is 5.69 Å². The topological polar surface area (TPSA) is 134 Å². The van der Waals surface area contributed by atoms with Gasteiger partial charge in [-0.25, -0.2) is 4.98 Å². The first-order chi connectivity index (χ1) is 17.3. The van der Waals surface area contributed by atoms with Crippen LogP contribution in [0.2, 0.25) is 0 Å². The minimum Gasteiger partial charge on any atom is -0.397 e. The number of likely N-dealkylation sites (tertiary alicyclic amines) is 1. The molecular weight excluding hydrogens is 454 g/mol. The van der Waals surface area contributed by atoms with Crippen LogP contribution in [0.15, 0.2) is 42.7 Å². The smallest absolute Gasteiger partial charge is 0.276 e. The van der Waals surface area contributed by atoms with Gasteiger partial charge in [0.05, 0.1) is 34.9 Å². The molecule has 2 aromatic heterocycles. The van der Waals surface area contributed by atoms with Crippen LogP contribution in [-0.4, -0.2) is 71.3 Å². The van der Waals surface area contributed by atoms with E-state index < -0.39 is 6.10 Å². The molecule has 0 bridgehead atoms. The molecule has 0 aliphatic carbocycles. The average molecular weight is 490 g/mol. The van der Waals surface area contributed by atoms with E-state index in [1.54, 1.807) is 12.4 Å². The highest BCUT2D eigenvalue weighted by molar-refractivity contribution is 6.09. The number of nitrogen functional groups attached to an aromatic ring is 1. The van der Waals surface area contributed by atoms with Crippen molar-refractivity contribution in [2.45, 2.75) is 37.8 Å². The SMILES string of the molecule is C[C@H]1CN(c2ccncc2NC(=O)c2nc3cc(C4CCN(C)CC4)ccc3cc2N)C[C@@H](N)[C@@H]1O. The summed E-state index contributed by atoms with van der Waals surface area (Å²) in [7, 11) is 2.16. The number of aliphatic hydroxyl groups is 1. The molecule has 0 saturated carbocycles. The highest BCUT2D eigenvalue weighted by Crippen LogP contribution is 2.32. The molecule has 3 atom stereocenters. The Morgan fingerprint density at radius 2 is 1.94 bits per heavy atom. The van der Waals surface area contributed by atoms with Gasteiger partial charge < -0.3 is 31.7 Å². The maximum absolute atomic E-state index is 13.3. The monoisotopic (exact) mass is 489 g/mol. The van der Waals surface area contributed by atoms with Crippen molar-refractivity contribution in [2.75, 3.05) is 49.2 Å². The Balaban J connectivity index is 1.40. The highest BCUT2D eigenvalue weighted by atomic mass is 16.3. The lowest BCUT2D eigenvalue weighted by atomic mass is 9.89. The lowest BCUT2D eigenvalue weighted by molar-refractivity contribution is 0.0785. The lowest BCUT2D eigenvalue weighted by Crippen LogP contribution is -2.55. The normalized spacial score (nSPS) is 23.7. The minimum absolute atomic E-state index is 0.00188. The number of piperidine rings is 2. The Bertz CT molecular complexity index is 1250. The first-order valence-electron chi connectivity index (χ1n) is 12.6. The van der Waals surface area contributed by atoms with E-state index in [0.717, 1.165) is 42.5 Å². The van der Waals surface area contributed by atoms with E-state index in [-0.39, 0.29) is 23.6 Å². The molecule has 2 saturated heterocycles. The molecule has 2 aliphatic heterocycles. The molecule has 0 unspecified atom stereocenters. The Morgan fingerprint density at radius 3 is 2.69 bits per heavy atom. The predicted molar refractivity (Wildman–Crippen MR) is 143 cm³/mol. The first-order valence-corrected chi connectivity index (χ1v) is 12.6. The second-order valence-electron chi connectivity index (χ2n) is 10.3. The number of nitrogens with one attached hydrogen (secondary N) is 1. The number of aliphatic hydroxyl groups excluding tert-OH is 1. The first kappa shape index (κ1) is 24.4. The summed E-state index contributed by atoms with van der Waals surface area (Å²) in [5.41, 5.74) is 16.3. The van der Waals surface area contributed by atoms with Crippen LogP contribution in [-0.2, 0) is 0 Å². The fraction of sp³-hybridized carbons (Fsp3) is 0.444. The van der Waals surface area contributed by atoms with Crippen LogP contribution in [0.1, 0.15) is 41.7 Å². The number of amides is 1. The number of benzene rings is 1. The van der Waals surface area contributed by atoms with Crippen LogP contribution in [0.3, 0.4) is 0 Å². The summed E-state index contributed by atoms with van der Waals surface area (Å²) in [6.45, 7) is 5.24. The Labute approximate surface area is 211 Å². The summed E-state index contributed by atoms with van der Waals surface area (Å²) in [6.07, 6.45) is 4.97. The number of aromatic nitrogens is 2. The molecule has 9 heteroatoms. The Kier molecular flexibility index (Phi) is 6.79. The van der Waals surface area contributed by atoms with Gasteiger partial charge in [-0.3, -0.25) is 9.78 Å². The van der Waals surface area contributed by atoms with Crippen LogP contribution >= 0.6 is 0 Å². The van der Waals surface area contributed by atoms with E-state index in [1.165, 1.54) is 5.56 Å². The predicted octanol–water partition coefficient (Wildman–Crippen LogP) is 2.42. The zero-order valence-corrected chi connectivity index (χ0v) is 20.9. The molecule has 0 radical (unpaired) electrons. The van der Waals surface area contributed by atoms with Crippen molar-refractivity contribution in [3.8, 4) is 0 Å². The third kappa shape index (κ3) is 4.86. The second-order valence-corrected chi connectivity index (χ2v) is 10.3. The van der Waals surface area contributed by atoms with E-state index in [4.69, 9.17) is 11.5 Å². The number of nitrogens with zero attached hydrogens (tertiary/aromatic N) is 4. The van der Waals surface area contributed by atoms with E-state index in [1.807, 2.05) is 25.1 Å². The third-order valence-corrected chi connectivity index (χ3v) is 7.62. The van der Waals surface area contributed by atoms with Crippen LogP contribution in [0, 0.1) is 5.92 Å². The molecule has 4 heterocycles.